The van der Waals surface area contributed by atoms with E-state index in [0.717, 1.165) is 0 Å². The number of nitrogens with two attached hydrogens (primary N) is 2. The lowest BCUT2D eigenvalue weighted by Crippen LogP contribution is -2.53. The summed E-state index contributed by atoms with van der Waals surface area (Å²) in [4.78, 5) is 23.2. The van der Waals surface area contributed by atoms with Crippen molar-refractivity contribution in [3.8, 4) is 0 Å². The molecule has 6 heteroatoms. The molecule has 6 nitrogen and oxygen atoms in total. The molecule has 80 valence electrons. The van der Waals surface area contributed by atoms with Gasteiger partial charge in [0.2, 0.25) is 11.8 Å². The number of nitrogens with zero attached hydrogens (tertiary/aromatic N) is 1. The van der Waals surface area contributed by atoms with Gasteiger partial charge in [-0.1, -0.05) is 0 Å². The van der Waals surface area contributed by atoms with Gasteiger partial charge in [-0.15, -0.1) is 0 Å². The molecule has 1 aliphatic rings. The molecule has 0 unspecified atom stereocenters. The van der Waals surface area contributed by atoms with Crippen LogP contribution in [0.4, 0.5) is 0 Å². The van der Waals surface area contributed by atoms with E-state index in [2.05, 4.69) is 0 Å². The number of hydrogen-bond acceptors (Lipinski definition) is 4. The highest BCUT2D eigenvalue weighted by molar-refractivity contribution is 5.83. The molecule has 14 heavy (non-hydrogen) atoms. The maximum absolute atomic E-state index is 10.9. The Hall–Kier alpha value is -1.14. The van der Waals surface area contributed by atoms with Crippen molar-refractivity contribution < 1.29 is 14.7 Å². The highest BCUT2D eigenvalue weighted by Gasteiger charge is 2.37. The first-order chi connectivity index (χ1) is 6.44. The minimum absolute atomic E-state index is 0.162. The van der Waals surface area contributed by atoms with E-state index in [1.54, 1.807) is 4.90 Å². The Morgan fingerprint density at radius 3 is 2.14 bits per heavy atom. The molecule has 0 bridgehead atoms. The summed E-state index contributed by atoms with van der Waals surface area (Å²) in [5.41, 5.74) is 8.66. The minimum Gasteiger partial charge on any atom is -0.380 e. The van der Waals surface area contributed by atoms with Crippen LogP contribution >= 0.6 is 0 Å². The SMILES string of the molecule is NC(=O)CN1CCC(O)(C(N)=O)CC1. The van der Waals surface area contributed by atoms with Crippen molar-refractivity contribution >= 4 is 11.8 Å². The molecule has 0 radical (unpaired) electrons. The molecular weight excluding hydrogens is 186 g/mol. The summed E-state index contributed by atoms with van der Waals surface area (Å²) in [6.07, 6.45) is 0.519. The van der Waals surface area contributed by atoms with E-state index >= 15 is 0 Å². The van der Waals surface area contributed by atoms with Crippen molar-refractivity contribution in [2.24, 2.45) is 11.5 Å². The van der Waals surface area contributed by atoms with Crippen LogP contribution in [0, 0.1) is 0 Å². The summed E-state index contributed by atoms with van der Waals surface area (Å²) in [6.45, 7) is 1.08. The number of primary amides is 2. The first-order valence-electron chi connectivity index (χ1n) is 4.47. The lowest BCUT2D eigenvalue weighted by molar-refractivity contribution is -0.141. The van der Waals surface area contributed by atoms with Gasteiger partial charge in [0.25, 0.3) is 0 Å². The number of hydrogen-bond donors (Lipinski definition) is 3. The third-order valence-electron chi connectivity index (χ3n) is 2.52. The molecule has 0 atom stereocenters. The summed E-state index contributed by atoms with van der Waals surface area (Å²) < 4.78 is 0. The maximum Gasteiger partial charge on any atom is 0.249 e. The van der Waals surface area contributed by atoms with Gasteiger partial charge in [-0.05, 0) is 12.8 Å². The second-order valence-electron chi connectivity index (χ2n) is 3.64. The van der Waals surface area contributed by atoms with Crippen LogP contribution in [0.3, 0.4) is 0 Å². The van der Waals surface area contributed by atoms with E-state index in [9.17, 15) is 14.7 Å². The van der Waals surface area contributed by atoms with Gasteiger partial charge in [-0.3, -0.25) is 14.5 Å². The van der Waals surface area contributed by atoms with Crippen molar-refractivity contribution in [3.05, 3.63) is 0 Å². The van der Waals surface area contributed by atoms with Crippen LogP contribution in [0.25, 0.3) is 0 Å². The van der Waals surface area contributed by atoms with Gasteiger partial charge in [-0.25, -0.2) is 0 Å². The Labute approximate surface area is 81.8 Å². The average Bonchev–Trinajstić information content (AvgIpc) is 2.08. The molecule has 1 rings (SSSR count). The quantitative estimate of drug-likeness (QED) is 0.480. The molecule has 1 heterocycles. The van der Waals surface area contributed by atoms with Crippen LogP contribution in [0.5, 0.6) is 0 Å². The number of piperidine rings is 1. The molecule has 0 saturated carbocycles. The van der Waals surface area contributed by atoms with Crippen molar-refractivity contribution in [2.75, 3.05) is 19.6 Å². The Bertz CT molecular complexity index is 246. The van der Waals surface area contributed by atoms with Crippen molar-refractivity contribution in [1.82, 2.24) is 4.90 Å². The van der Waals surface area contributed by atoms with Crippen LogP contribution in [0.1, 0.15) is 12.8 Å². The maximum atomic E-state index is 10.9. The number of carbonyl (C=O) groups excluding carboxylic acids is 2. The molecule has 1 fully saturated rings. The molecule has 1 saturated heterocycles. The van der Waals surface area contributed by atoms with E-state index in [-0.39, 0.29) is 19.4 Å². The molecule has 1 aliphatic heterocycles. The normalized spacial score (nSPS) is 21.8. The minimum atomic E-state index is -1.41. The zero-order valence-electron chi connectivity index (χ0n) is 7.90. The second kappa shape index (κ2) is 3.93. The number of amides is 2. The summed E-state index contributed by atoms with van der Waals surface area (Å²) in [7, 11) is 0. The second-order valence-corrected chi connectivity index (χ2v) is 3.64. The molecule has 0 aromatic carbocycles. The number of likely N-dealkylation sites (tertiary alicyclic amines) is 1. The van der Waals surface area contributed by atoms with E-state index in [4.69, 9.17) is 11.5 Å². The number of aliphatic hydroxyl groups is 1. The Kier molecular flexibility index (Phi) is 3.07. The first-order valence-corrected chi connectivity index (χ1v) is 4.47. The first kappa shape index (κ1) is 10.9. The van der Waals surface area contributed by atoms with Crippen molar-refractivity contribution in [2.45, 2.75) is 18.4 Å². The van der Waals surface area contributed by atoms with Gasteiger partial charge >= 0.3 is 0 Å². The van der Waals surface area contributed by atoms with Gasteiger partial charge in [0.05, 0.1) is 6.54 Å². The van der Waals surface area contributed by atoms with Crippen molar-refractivity contribution in [1.29, 1.82) is 0 Å². The largest absolute Gasteiger partial charge is 0.380 e. The van der Waals surface area contributed by atoms with E-state index in [0.29, 0.717) is 13.1 Å². The van der Waals surface area contributed by atoms with E-state index in [1.807, 2.05) is 0 Å². The highest BCUT2D eigenvalue weighted by Crippen LogP contribution is 2.21. The fourth-order valence-corrected chi connectivity index (χ4v) is 1.55. The van der Waals surface area contributed by atoms with Gasteiger partial charge in [0, 0.05) is 13.1 Å². The molecule has 5 N–H and O–H groups in total. The lowest BCUT2D eigenvalue weighted by Gasteiger charge is -2.35. The lowest BCUT2D eigenvalue weighted by atomic mass is 9.91. The van der Waals surface area contributed by atoms with Gasteiger partial charge in [0.1, 0.15) is 5.60 Å². The smallest absolute Gasteiger partial charge is 0.249 e. The van der Waals surface area contributed by atoms with Crippen LogP contribution in [0.2, 0.25) is 0 Å². The van der Waals surface area contributed by atoms with E-state index in [1.165, 1.54) is 0 Å². The predicted octanol–water partition coefficient (Wildman–Crippen LogP) is -2.22. The Morgan fingerprint density at radius 1 is 1.29 bits per heavy atom. The van der Waals surface area contributed by atoms with E-state index < -0.39 is 17.4 Å². The molecular formula is C8H15N3O3. The molecule has 0 aromatic rings. The predicted molar refractivity (Wildman–Crippen MR) is 49.0 cm³/mol. The Morgan fingerprint density at radius 2 is 1.79 bits per heavy atom. The van der Waals surface area contributed by atoms with Crippen LogP contribution in [-0.2, 0) is 9.59 Å². The molecule has 2 amide bonds. The third kappa shape index (κ3) is 2.43. The number of rotatable bonds is 3. The fourth-order valence-electron chi connectivity index (χ4n) is 1.55. The number of carbonyl (C=O) groups is 2. The third-order valence-corrected chi connectivity index (χ3v) is 2.52. The average molecular weight is 201 g/mol. The summed E-state index contributed by atoms with van der Waals surface area (Å²) >= 11 is 0. The standard InChI is InChI=1S/C8H15N3O3/c9-6(12)5-11-3-1-8(14,2-4-11)7(10)13/h14H,1-5H2,(H2,9,12)(H2,10,13). The zero-order chi connectivity index (χ0) is 10.8. The summed E-state index contributed by atoms with van der Waals surface area (Å²) in [6, 6.07) is 0. The zero-order valence-corrected chi connectivity index (χ0v) is 7.90. The van der Waals surface area contributed by atoms with Crippen molar-refractivity contribution in [3.63, 3.8) is 0 Å². The topological polar surface area (TPSA) is 110 Å². The Balaban J connectivity index is 2.45. The van der Waals surface area contributed by atoms with Crippen LogP contribution in [0.15, 0.2) is 0 Å². The molecule has 0 spiro atoms. The van der Waals surface area contributed by atoms with Crippen LogP contribution in [-0.4, -0.2) is 47.1 Å². The molecule has 0 aliphatic carbocycles. The van der Waals surface area contributed by atoms with Gasteiger partial charge in [-0.2, -0.15) is 0 Å². The fraction of sp³-hybridized carbons (Fsp3) is 0.750. The van der Waals surface area contributed by atoms with Gasteiger partial charge in [0.15, 0.2) is 0 Å². The summed E-state index contributed by atoms with van der Waals surface area (Å²) in [5.74, 6) is -1.11. The van der Waals surface area contributed by atoms with Gasteiger partial charge < -0.3 is 16.6 Å². The highest BCUT2D eigenvalue weighted by atomic mass is 16.3. The monoisotopic (exact) mass is 201 g/mol. The van der Waals surface area contributed by atoms with Crippen LogP contribution < -0.4 is 11.5 Å². The molecule has 0 aromatic heterocycles. The summed E-state index contributed by atoms with van der Waals surface area (Å²) in [5, 5.41) is 9.68.